The summed E-state index contributed by atoms with van der Waals surface area (Å²) < 4.78 is 40.8. The number of rotatable bonds is 2. The lowest BCUT2D eigenvalue weighted by Gasteiger charge is -2.30. The molecule has 9 heteroatoms. The second-order valence-electron chi connectivity index (χ2n) is 5.91. The van der Waals surface area contributed by atoms with Crippen molar-refractivity contribution in [3.05, 3.63) is 27.7 Å². The molecule has 0 aromatic heterocycles. The van der Waals surface area contributed by atoms with Crippen molar-refractivity contribution in [1.82, 2.24) is 4.90 Å². The van der Waals surface area contributed by atoms with Crippen molar-refractivity contribution in [2.75, 3.05) is 6.54 Å². The zero-order valence-electron chi connectivity index (χ0n) is 12.3. The molecular weight excluding hydrogens is 370 g/mol. The number of hydrogen-bond acceptors (Lipinski definition) is 3. The van der Waals surface area contributed by atoms with Crippen molar-refractivity contribution in [2.45, 2.75) is 43.7 Å². The van der Waals surface area contributed by atoms with Crippen LogP contribution in [0.15, 0.2) is 12.1 Å². The van der Waals surface area contributed by atoms with Crippen molar-refractivity contribution in [1.29, 1.82) is 0 Å². The molecule has 0 bridgehead atoms. The Balaban J connectivity index is 1.96. The number of alkyl halides is 3. The minimum Gasteiger partial charge on any atom is -0.406 e. The zero-order valence-corrected chi connectivity index (χ0v) is 13.8. The van der Waals surface area contributed by atoms with Crippen molar-refractivity contribution in [2.24, 2.45) is 0 Å². The summed E-state index contributed by atoms with van der Waals surface area (Å²) in [6.07, 6.45) is -3.45. The number of fused-ring (bicyclic) bond motifs is 1. The number of ether oxygens (including phenoxy) is 1. The Bertz CT molecular complexity index is 645. The van der Waals surface area contributed by atoms with Gasteiger partial charge in [-0.25, -0.2) is 0 Å². The minimum absolute atomic E-state index is 0.139. The maximum Gasteiger partial charge on any atom is 0.573 e. The van der Waals surface area contributed by atoms with Gasteiger partial charge in [-0.1, -0.05) is 23.2 Å². The third-order valence-corrected chi connectivity index (χ3v) is 5.06. The van der Waals surface area contributed by atoms with E-state index in [-0.39, 0.29) is 27.6 Å². The quantitative estimate of drug-likeness (QED) is 0.846. The average Bonchev–Trinajstić information content (AvgIpc) is 2.71. The first-order valence-corrected chi connectivity index (χ1v) is 8.18. The molecule has 24 heavy (non-hydrogen) atoms. The molecule has 1 aromatic rings. The Morgan fingerprint density at radius 1 is 1.21 bits per heavy atom. The number of halogens is 5. The molecule has 2 aliphatic rings. The topological polar surface area (TPSA) is 49.8 Å². The standard InChI is InChI=1S/C15H14Cl2F3NO3/c16-8-5-7(24-15(18,19)20)6-9(17)11(8)12-13(22)10-3-1-2-4-21(10)14(12)23/h5-6,10,12-13,22H,1-4H2. The van der Waals surface area contributed by atoms with E-state index in [1.54, 1.807) is 4.90 Å². The molecule has 3 unspecified atom stereocenters. The molecule has 4 nitrogen and oxygen atoms in total. The molecule has 2 heterocycles. The predicted octanol–water partition coefficient (Wildman–Crippen LogP) is 3.73. The SMILES string of the molecule is O=C1C(c2c(Cl)cc(OC(F)(F)F)cc2Cl)C(O)C2CCCCN12. The lowest BCUT2D eigenvalue weighted by atomic mass is 9.91. The molecule has 1 aromatic carbocycles. The van der Waals surface area contributed by atoms with E-state index in [2.05, 4.69) is 4.74 Å². The van der Waals surface area contributed by atoms with Crippen molar-refractivity contribution in [3.8, 4) is 5.75 Å². The molecule has 0 saturated carbocycles. The summed E-state index contributed by atoms with van der Waals surface area (Å²) in [7, 11) is 0. The van der Waals surface area contributed by atoms with E-state index in [0.717, 1.165) is 25.0 Å². The summed E-state index contributed by atoms with van der Waals surface area (Å²) in [5.74, 6) is -1.85. The van der Waals surface area contributed by atoms with Crippen molar-refractivity contribution in [3.63, 3.8) is 0 Å². The van der Waals surface area contributed by atoms with Crippen molar-refractivity contribution >= 4 is 29.1 Å². The third-order valence-electron chi connectivity index (χ3n) is 4.43. The Morgan fingerprint density at radius 2 is 1.83 bits per heavy atom. The highest BCUT2D eigenvalue weighted by atomic mass is 35.5. The number of hydrogen-bond donors (Lipinski definition) is 1. The maximum atomic E-state index is 12.6. The van der Waals surface area contributed by atoms with Crippen LogP contribution in [0.4, 0.5) is 13.2 Å². The van der Waals surface area contributed by atoms with E-state index >= 15 is 0 Å². The fourth-order valence-electron chi connectivity index (χ4n) is 3.48. The number of aliphatic hydroxyl groups excluding tert-OH is 1. The van der Waals surface area contributed by atoms with Crippen LogP contribution in [-0.4, -0.2) is 41.0 Å². The van der Waals surface area contributed by atoms with E-state index in [1.807, 2.05) is 0 Å². The monoisotopic (exact) mass is 383 g/mol. The van der Waals surface area contributed by atoms with E-state index in [1.165, 1.54) is 0 Å². The van der Waals surface area contributed by atoms with Crippen LogP contribution < -0.4 is 4.74 Å². The fourth-order valence-corrected chi connectivity index (χ4v) is 4.18. The summed E-state index contributed by atoms with van der Waals surface area (Å²) in [6, 6.07) is 1.59. The van der Waals surface area contributed by atoms with Crippen LogP contribution in [0.5, 0.6) is 5.75 Å². The van der Waals surface area contributed by atoms with Gasteiger partial charge in [0.1, 0.15) is 5.75 Å². The van der Waals surface area contributed by atoms with Crippen LogP contribution in [0.2, 0.25) is 10.0 Å². The van der Waals surface area contributed by atoms with Gasteiger partial charge < -0.3 is 14.7 Å². The lowest BCUT2D eigenvalue weighted by Crippen LogP contribution is -2.40. The third kappa shape index (κ3) is 3.17. The average molecular weight is 384 g/mol. The van der Waals surface area contributed by atoms with E-state index in [9.17, 15) is 23.1 Å². The number of aliphatic hydroxyl groups is 1. The smallest absolute Gasteiger partial charge is 0.406 e. The molecule has 0 radical (unpaired) electrons. The van der Waals surface area contributed by atoms with E-state index in [4.69, 9.17) is 23.2 Å². The number of carbonyl (C=O) groups is 1. The zero-order chi connectivity index (χ0) is 17.6. The minimum atomic E-state index is -4.88. The Hall–Kier alpha value is -1.18. The molecule has 2 aliphatic heterocycles. The second-order valence-corrected chi connectivity index (χ2v) is 6.73. The number of amides is 1. The number of carbonyl (C=O) groups excluding carboxylic acids is 1. The lowest BCUT2D eigenvalue weighted by molar-refractivity contribution is -0.274. The van der Waals surface area contributed by atoms with Gasteiger partial charge in [0.05, 0.1) is 18.1 Å². The van der Waals surface area contributed by atoms with Crippen LogP contribution >= 0.6 is 23.2 Å². The van der Waals surface area contributed by atoms with Gasteiger partial charge in [0.2, 0.25) is 5.91 Å². The molecular formula is C15H14Cl2F3NO3. The van der Waals surface area contributed by atoms with Gasteiger partial charge in [-0.2, -0.15) is 0 Å². The maximum absolute atomic E-state index is 12.6. The van der Waals surface area contributed by atoms with Crippen LogP contribution in [0.3, 0.4) is 0 Å². The molecule has 3 rings (SSSR count). The Morgan fingerprint density at radius 3 is 2.38 bits per heavy atom. The van der Waals surface area contributed by atoms with Gasteiger partial charge in [0.15, 0.2) is 0 Å². The van der Waals surface area contributed by atoms with Crippen LogP contribution in [0, 0.1) is 0 Å². The van der Waals surface area contributed by atoms with Crippen molar-refractivity contribution < 1.29 is 27.8 Å². The summed E-state index contributed by atoms with van der Waals surface area (Å²) in [6.45, 7) is 0.543. The first kappa shape index (κ1) is 17.6. The number of nitrogens with zero attached hydrogens (tertiary/aromatic N) is 1. The first-order valence-electron chi connectivity index (χ1n) is 7.42. The summed E-state index contributed by atoms with van der Waals surface area (Å²) in [5.41, 5.74) is 0.139. The highest BCUT2D eigenvalue weighted by Crippen LogP contribution is 2.44. The Kier molecular flexibility index (Phi) is 4.61. The molecule has 132 valence electrons. The summed E-state index contributed by atoms with van der Waals surface area (Å²) in [4.78, 5) is 14.2. The van der Waals surface area contributed by atoms with Crippen LogP contribution in [0.25, 0.3) is 0 Å². The largest absolute Gasteiger partial charge is 0.573 e. The van der Waals surface area contributed by atoms with Gasteiger partial charge in [-0.15, -0.1) is 13.2 Å². The molecule has 0 aliphatic carbocycles. The fraction of sp³-hybridized carbons (Fsp3) is 0.533. The molecule has 0 spiro atoms. The summed E-state index contributed by atoms with van der Waals surface area (Å²) >= 11 is 12.1. The normalized spacial score (nSPS) is 27.3. The van der Waals surface area contributed by atoms with Gasteiger partial charge in [0.25, 0.3) is 0 Å². The van der Waals surface area contributed by atoms with E-state index < -0.39 is 24.1 Å². The highest BCUT2D eigenvalue weighted by molar-refractivity contribution is 6.36. The van der Waals surface area contributed by atoms with Gasteiger partial charge in [-0.05, 0) is 31.4 Å². The van der Waals surface area contributed by atoms with E-state index in [0.29, 0.717) is 13.0 Å². The Labute approximate surface area is 146 Å². The van der Waals surface area contributed by atoms with Crippen LogP contribution in [-0.2, 0) is 4.79 Å². The van der Waals surface area contributed by atoms with Gasteiger partial charge in [-0.3, -0.25) is 4.79 Å². The van der Waals surface area contributed by atoms with Gasteiger partial charge >= 0.3 is 6.36 Å². The second kappa shape index (κ2) is 6.28. The molecule has 1 N–H and O–H groups in total. The molecule has 2 saturated heterocycles. The van der Waals surface area contributed by atoms with Crippen LogP contribution in [0.1, 0.15) is 30.7 Å². The molecule has 2 fully saturated rings. The highest BCUT2D eigenvalue weighted by Gasteiger charge is 2.49. The first-order chi connectivity index (χ1) is 11.2. The van der Waals surface area contributed by atoms with Gasteiger partial charge in [0, 0.05) is 22.2 Å². The summed E-state index contributed by atoms with van der Waals surface area (Å²) in [5, 5.41) is 10.2. The number of benzene rings is 1. The number of piperidine rings is 1. The predicted molar refractivity (Wildman–Crippen MR) is 81.2 cm³/mol. The molecule has 1 amide bonds. The molecule has 3 atom stereocenters.